The number of carbonyl (C=O) groups excluding carboxylic acids is 1. The molecule has 4 aliphatic rings. The Kier molecular flexibility index (Phi) is 3.03. The van der Waals surface area contributed by atoms with Crippen LogP contribution in [0.15, 0.2) is 22.8 Å². The lowest BCUT2D eigenvalue weighted by Crippen LogP contribution is -2.64. The van der Waals surface area contributed by atoms with Gasteiger partial charge < -0.3 is 9.64 Å². The predicted molar refractivity (Wildman–Crippen MR) is 83.0 cm³/mol. The number of ether oxygens (including phenoxy) is 1. The van der Waals surface area contributed by atoms with Gasteiger partial charge in [-0.2, -0.15) is 0 Å². The number of piperidine rings is 2. The molecular weight excluding hydrogens is 332 g/mol. The van der Waals surface area contributed by atoms with Gasteiger partial charge >= 0.3 is 5.97 Å². The van der Waals surface area contributed by atoms with Gasteiger partial charge in [-0.15, -0.1) is 0 Å². The monoisotopic (exact) mass is 350 g/mol. The lowest BCUT2D eigenvalue weighted by molar-refractivity contribution is -0.162. The van der Waals surface area contributed by atoms with Gasteiger partial charge in [0.1, 0.15) is 5.82 Å². The van der Waals surface area contributed by atoms with Gasteiger partial charge in [0.05, 0.1) is 12.5 Å². The number of hydrogen-bond donors (Lipinski definition) is 0. The lowest BCUT2D eigenvalue weighted by Gasteiger charge is -2.60. The van der Waals surface area contributed by atoms with Crippen molar-refractivity contribution < 1.29 is 9.53 Å². The zero-order valence-corrected chi connectivity index (χ0v) is 13.7. The number of nitrogens with zero attached hydrogens (tertiary/aromatic N) is 2. The highest BCUT2D eigenvalue weighted by atomic mass is 79.9. The van der Waals surface area contributed by atoms with E-state index in [1.54, 1.807) is 0 Å². The normalized spacial score (nSPS) is 36.9. The van der Waals surface area contributed by atoms with Crippen molar-refractivity contribution in [3.05, 3.63) is 22.8 Å². The van der Waals surface area contributed by atoms with E-state index in [1.807, 2.05) is 12.3 Å². The molecule has 1 aromatic heterocycles. The molecule has 4 bridgehead atoms. The van der Waals surface area contributed by atoms with Crippen LogP contribution in [0.25, 0.3) is 0 Å². The molecule has 0 aromatic carbocycles. The smallest absolute Gasteiger partial charge is 0.311 e. The number of methoxy groups -OCH3 is 1. The topological polar surface area (TPSA) is 42.4 Å². The van der Waals surface area contributed by atoms with E-state index in [9.17, 15) is 4.79 Å². The van der Waals surface area contributed by atoms with E-state index in [4.69, 9.17) is 4.74 Å². The largest absolute Gasteiger partial charge is 0.469 e. The van der Waals surface area contributed by atoms with Gasteiger partial charge in [-0.1, -0.05) is 0 Å². The maximum absolute atomic E-state index is 12.3. The number of anilines is 1. The van der Waals surface area contributed by atoms with Crippen LogP contribution in [-0.2, 0) is 9.53 Å². The molecule has 2 aliphatic heterocycles. The zero-order chi connectivity index (χ0) is 14.6. The Labute approximate surface area is 133 Å². The van der Waals surface area contributed by atoms with Crippen LogP contribution in [0.1, 0.15) is 32.1 Å². The molecule has 4 nitrogen and oxygen atoms in total. The second-order valence-corrected chi connectivity index (χ2v) is 7.69. The van der Waals surface area contributed by atoms with Crippen molar-refractivity contribution >= 4 is 27.7 Å². The standard InChI is InChI=1S/C16H19BrN2O2/c1-21-15(20)16-6-10-4-12(7-16)19(13(5-10)8-16)14-3-2-11(17)9-18-14/h2-3,9-10,12-13H,4-8H2,1H3. The maximum atomic E-state index is 12.3. The third-order valence-corrected chi connectivity index (χ3v) is 5.99. The molecular formula is C16H19BrN2O2. The average Bonchev–Trinajstić information content (AvgIpc) is 2.47. The van der Waals surface area contributed by atoms with E-state index in [-0.39, 0.29) is 11.4 Å². The van der Waals surface area contributed by atoms with Gasteiger partial charge in [-0.25, -0.2) is 4.98 Å². The van der Waals surface area contributed by atoms with E-state index in [0.717, 1.165) is 29.6 Å². The average molecular weight is 351 g/mol. The first kappa shape index (κ1) is 13.6. The number of halogens is 1. The Bertz CT molecular complexity index is 558. The number of pyridine rings is 1. The SMILES string of the molecule is COC(=O)C12CC3CC(C1)N(c1ccc(Br)cn1)C(C3)C2. The van der Waals surface area contributed by atoms with E-state index in [2.05, 4.69) is 31.9 Å². The summed E-state index contributed by atoms with van der Waals surface area (Å²) in [7, 11) is 1.52. The van der Waals surface area contributed by atoms with Gasteiger partial charge in [-0.3, -0.25) is 4.79 Å². The molecule has 2 saturated carbocycles. The maximum Gasteiger partial charge on any atom is 0.311 e. The number of esters is 1. The van der Waals surface area contributed by atoms with E-state index in [0.29, 0.717) is 18.0 Å². The second kappa shape index (κ2) is 4.70. The van der Waals surface area contributed by atoms with Crippen LogP contribution in [0.2, 0.25) is 0 Å². The number of rotatable bonds is 2. The summed E-state index contributed by atoms with van der Waals surface area (Å²) in [5.41, 5.74) is -0.225. The summed E-state index contributed by atoms with van der Waals surface area (Å²) in [5, 5.41) is 0. The fraction of sp³-hybridized carbons (Fsp3) is 0.625. The van der Waals surface area contributed by atoms with Crippen LogP contribution in [-0.4, -0.2) is 30.1 Å². The van der Waals surface area contributed by atoms with Crippen LogP contribution < -0.4 is 4.90 Å². The lowest BCUT2D eigenvalue weighted by atomic mass is 9.55. The van der Waals surface area contributed by atoms with Crippen molar-refractivity contribution in [2.75, 3.05) is 12.0 Å². The molecule has 0 spiro atoms. The molecule has 0 amide bonds. The van der Waals surface area contributed by atoms with Crippen LogP contribution in [0.5, 0.6) is 0 Å². The van der Waals surface area contributed by atoms with Crippen molar-refractivity contribution in [1.29, 1.82) is 0 Å². The Hall–Kier alpha value is -1.10. The summed E-state index contributed by atoms with van der Waals surface area (Å²) >= 11 is 3.44. The molecule has 5 heteroatoms. The van der Waals surface area contributed by atoms with Crippen molar-refractivity contribution in [3.8, 4) is 0 Å². The first-order valence-electron chi connectivity index (χ1n) is 7.60. The number of aromatic nitrogens is 1. The number of hydrogen-bond acceptors (Lipinski definition) is 4. The predicted octanol–water partition coefficient (Wildman–Crippen LogP) is 3.15. The van der Waals surface area contributed by atoms with Crippen molar-refractivity contribution in [2.45, 2.75) is 44.2 Å². The van der Waals surface area contributed by atoms with Crippen LogP contribution in [0, 0.1) is 11.3 Å². The van der Waals surface area contributed by atoms with Crippen molar-refractivity contribution in [3.63, 3.8) is 0 Å². The van der Waals surface area contributed by atoms with Crippen molar-refractivity contribution in [2.24, 2.45) is 11.3 Å². The molecule has 2 atom stereocenters. The Morgan fingerprint density at radius 1 is 1.33 bits per heavy atom. The molecule has 0 N–H and O–H groups in total. The molecule has 21 heavy (non-hydrogen) atoms. The Morgan fingerprint density at radius 3 is 2.62 bits per heavy atom. The summed E-state index contributed by atoms with van der Waals surface area (Å²) in [6, 6.07) is 4.99. The van der Waals surface area contributed by atoms with Gasteiger partial charge in [0.2, 0.25) is 0 Å². The molecule has 3 heterocycles. The molecule has 112 valence electrons. The summed E-state index contributed by atoms with van der Waals surface area (Å²) in [6.45, 7) is 0. The Balaban J connectivity index is 1.67. The zero-order valence-electron chi connectivity index (χ0n) is 12.1. The van der Waals surface area contributed by atoms with E-state index in [1.165, 1.54) is 20.0 Å². The minimum absolute atomic E-state index is 0.00492. The fourth-order valence-corrected chi connectivity index (χ4v) is 5.22. The summed E-state index contributed by atoms with van der Waals surface area (Å²) < 4.78 is 6.11. The van der Waals surface area contributed by atoms with Crippen LogP contribution in [0.3, 0.4) is 0 Å². The quantitative estimate of drug-likeness (QED) is 0.768. The van der Waals surface area contributed by atoms with Gasteiger partial charge in [-0.05, 0) is 66.1 Å². The summed E-state index contributed by atoms with van der Waals surface area (Å²) in [4.78, 5) is 19.3. The number of carbonyl (C=O) groups is 1. The highest BCUT2D eigenvalue weighted by molar-refractivity contribution is 9.10. The van der Waals surface area contributed by atoms with Gasteiger partial charge in [0, 0.05) is 22.8 Å². The van der Waals surface area contributed by atoms with Gasteiger partial charge in [0.15, 0.2) is 0 Å². The third kappa shape index (κ3) is 2.00. The van der Waals surface area contributed by atoms with E-state index >= 15 is 0 Å². The molecule has 0 radical (unpaired) electrons. The van der Waals surface area contributed by atoms with Crippen LogP contribution >= 0.6 is 15.9 Å². The first-order valence-corrected chi connectivity index (χ1v) is 8.39. The Morgan fingerprint density at radius 2 is 2.05 bits per heavy atom. The van der Waals surface area contributed by atoms with Crippen LogP contribution in [0.4, 0.5) is 5.82 Å². The minimum Gasteiger partial charge on any atom is -0.469 e. The second-order valence-electron chi connectivity index (χ2n) is 6.77. The molecule has 1 aromatic rings. The van der Waals surface area contributed by atoms with Crippen molar-refractivity contribution in [1.82, 2.24) is 4.98 Å². The molecule has 2 aliphatic carbocycles. The minimum atomic E-state index is -0.225. The summed E-state index contributed by atoms with van der Waals surface area (Å²) in [5.74, 6) is 1.73. The molecule has 2 unspecified atom stereocenters. The highest BCUT2D eigenvalue weighted by Gasteiger charge is 2.58. The first-order chi connectivity index (χ1) is 10.1. The molecule has 4 fully saturated rings. The van der Waals surface area contributed by atoms with Gasteiger partial charge in [0.25, 0.3) is 0 Å². The molecule has 2 saturated heterocycles. The van der Waals surface area contributed by atoms with E-state index < -0.39 is 0 Å². The third-order valence-electron chi connectivity index (χ3n) is 5.52. The fourth-order valence-electron chi connectivity index (χ4n) is 4.99. The highest BCUT2D eigenvalue weighted by Crippen LogP contribution is 2.57. The summed E-state index contributed by atoms with van der Waals surface area (Å²) in [6.07, 6.45) is 7.10. The molecule has 5 rings (SSSR count).